The van der Waals surface area contributed by atoms with E-state index in [2.05, 4.69) is 35.0 Å². The third kappa shape index (κ3) is 3.70. The Morgan fingerprint density at radius 3 is 2.67 bits per heavy atom. The van der Waals surface area contributed by atoms with Gasteiger partial charge in [0, 0.05) is 17.0 Å². The van der Waals surface area contributed by atoms with Gasteiger partial charge < -0.3 is 5.32 Å². The van der Waals surface area contributed by atoms with E-state index in [4.69, 9.17) is 0 Å². The highest BCUT2D eigenvalue weighted by atomic mass is 32.1. The number of nitrogens with one attached hydrogen (secondary N) is 1. The van der Waals surface area contributed by atoms with Gasteiger partial charge in [0.2, 0.25) is 5.91 Å². The highest BCUT2D eigenvalue weighted by molar-refractivity contribution is 7.09. The molecule has 1 aromatic heterocycles. The van der Waals surface area contributed by atoms with Crippen LogP contribution in [-0.2, 0) is 11.2 Å². The Hall–Kier alpha value is -2.13. The van der Waals surface area contributed by atoms with Crippen molar-refractivity contribution < 1.29 is 4.79 Å². The molecule has 0 aliphatic heterocycles. The molecule has 1 heterocycles. The predicted molar refractivity (Wildman–Crippen MR) is 89.8 cm³/mol. The quantitative estimate of drug-likeness (QED) is 0.715. The monoisotopic (exact) mass is 295 g/mol. The van der Waals surface area contributed by atoms with Crippen LogP contribution in [0.5, 0.6) is 0 Å². The van der Waals surface area contributed by atoms with Gasteiger partial charge >= 0.3 is 0 Å². The number of carbonyl (C=O) groups is 1. The van der Waals surface area contributed by atoms with E-state index in [9.17, 15) is 4.79 Å². The summed E-state index contributed by atoms with van der Waals surface area (Å²) in [5, 5.41) is 7.39. The molecule has 3 aromatic rings. The topological polar surface area (TPSA) is 29.1 Å². The van der Waals surface area contributed by atoms with Crippen molar-refractivity contribution in [2.75, 3.05) is 5.32 Å². The fourth-order valence-electron chi connectivity index (χ4n) is 2.37. The summed E-state index contributed by atoms with van der Waals surface area (Å²) < 4.78 is 0. The second-order valence-corrected chi connectivity index (χ2v) is 6.08. The van der Waals surface area contributed by atoms with Crippen LogP contribution in [0.2, 0.25) is 0 Å². The molecule has 1 N–H and O–H groups in total. The van der Waals surface area contributed by atoms with Crippen LogP contribution in [0.15, 0.2) is 60.0 Å². The molecule has 0 atom stereocenters. The van der Waals surface area contributed by atoms with E-state index in [1.165, 1.54) is 10.3 Å². The number of carbonyl (C=O) groups excluding carboxylic acids is 1. The third-order valence-corrected chi connectivity index (χ3v) is 4.38. The van der Waals surface area contributed by atoms with E-state index in [1.807, 2.05) is 30.3 Å². The maximum atomic E-state index is 12.0. The van der Waals surface area contributed by atoms with Crippen LogP contribution in [-0.4, -0.2) is 5.91 Å². The van der Waals surface area contributed by atoms with Crippen LogP contribution in [0, 0.1) is 0 Å². The molecule has 0 bridgehead atoms. The van der Waals surface area contributed by atoms with Crippen molar-refractivity contribution in [1.82, 2.24) is 0 Å². The Bertz CT molecular complexity index is 734. The maximum Gasteiger partial charge on any atom is 0.224 e. The summed E-state index contributed by atoms with van der Waals surface area (Å²) in [7, 11) is 0. The number of rotatable bonds is 5. The molecule has 3 rings (SSSR count). The molecule has 0 aliphatic carbocycles. The number of aryl methyl sites for hydroxylation is 1. The first-order chi connectivity index (χ1) is 10.3. The number of hydrogen-bond donors (Lipinski definition) is 1. The average Bonchev–Trinajstić information content (AvgIpc) is 3.00. The summed E-state index contributed by atoms with van der Waals surface area (Å²) in [5.41, 5.74) is 0.870. The molecule has 21 heavy (non-hydrogen) atoms. The number of anilines is 1. The fraction of sp³-hybridized carbons (Fsp3) is 0.167. The Morgan fingerprint density at radius 2 is 1.86 bits per heavy atom. The van der Waals surface area contributed by atoms with E-state index in [-0.39, 0.29) is 5.91 Å². The number of benzene rings is 2. The molecule has 0 saturated heterocycles. The summed E-state index contributed by atoms with van der Waals surface area (Å²) in [4.78, 5) is 13.3. The first kappa shape index (κ1) is 13.8. The molecular formula is C18H17NOS. The molecule has 0 fully saturated rings. The Morgan fingerprint density at radius 1 is 1.00 bits per heavy atom. The van der Waals surface area contributed by atoms with Crippen molar-refractivity contribution >= 4 is 33.7 Å². The lowest BCUT2D eigenvalue weighted by Gasteiger charge is -2.06. The number of thiophene rings is 1. The van der Waals surface area contributed by atoms with Crippen LogP contribution >= 0.6 is 11.3 Å². The summed E-state index contributed by atoms with van der Waals surface area (Å²) in [6.45, 7) is 0. The SMILES string of the molecule is O=C(CCCc1cccs1)Nc1ccc2ccccc2c1. The molecule has 0 unspecified atom stereocenters. The smallest absolute Gasteiger partial charge is 0.224 e. The molecule has 106 valence electrons. The van der Waals surface area contributed by atoms with Gasteiger partial charge in [-0.2, -0.15) is 0 Å². The lowest BCUT2D eigenvalue weighted by molar-refractivity contribution is -0.116. The number of fused-ring (bicyclic) bond motifs is 1. The lowest BCUT2D eigenvalue weighted by atomic mass is 10.1. The van der Waals surface area contributed by atoms with Gasteiger partial charge in [0.1, 0.15) is 0 Å². The third-order valence-electron chi connectivity index (χ3n) is 3.44. The van der Waals surface area contributed by atoms with E-state index in [1.54, 1.807) is 11.3 Å². The van der Waals surface area contributed by atoms with E-state index < -0.39 is 0 Å². The van der Waals surface area contributed by atoms with Gasteiger partial charge in [0.25, 0.3) is 0 Å². The maximum absolute atomic E-state index is 12.0. The molecule has 0 aliphatic rings. The molecule has 3 heteroatoms. The van der Waals surface area contributed by atoms with Crippen molar-refractivity contribution in [2.24, 2.45) is 0 Å². The van der Waals surface area contributed by atoms with Gasteiger partial charge in [0.05, 0.1) is 0 Å². The minimum atomic E-state index is 0.0850. The molecular weight excluding hydrogens is 278 g/mol. The van der Waals surface area contributed by atoms with E-state index in [0.717, 1.165) is 23.9 Å². The summed E-state index contributed by atoms with van der Waals surface area (Å²) in [6, 6.07) is 18.3. The fourth-order valence-corrected chi connectivity index (χ4v) is 3.12. The number of amides is 1. The van der Waals surface area contributed by atoms with Crippen LogP contribution in [0.1, 0.15) is 17.7 Å². The standard InChI is InChI=1S/C18H17NOS/c20-18(9-3-7-17-8-4-12-21-17)19-16-11-10-14-5-1-2-6-15(14)13-16/h1-2,4-6,8,10-13H,3,7,9H2,(H,19,20). The lowest BCUT2D eigenvalue weighted by Crippen LogP contribution is -2.11. The molecule has 0 spiro atoms. The van der Waals surface area contributed by atoms with Crippen molar-refractivity contribution in [3.05, 3.63) is 64.9 Å². The van der Waals surface area contributed by atoms with Crippen molar-refractivity contribution in [2.45, 2.75) is 19.3 Å². The number of hydrogen-bond acceptors (Lipinski definition) is 2. The van der Waals surface area contributed by atoms with Gasteiger partial charge in [-0.3, -0.25) is 4.79 Å². The summed E-state index contributed by atoms with van der Waals surface area (Å²) >= 11 is 1.75. The highest BCUT2D eigenvalue weighted by Crippen LogP contribution is 2.19. The average molecular weight is 295 g/mol. The van der Waals surface area contributed by atoms with Crippen molar-refractivity contribution in [3.63, 3.8) is 0 Å². The Kier molecular flexibility index (Phi) is 4.31. The highest BCUT2D eigenvalue weighted by Gasteiger charge is 2.04. The predicted octanol–water partition coefficient (Wildman–Crippen LogP) is 4.86. The van der Waals surface area contributed by atoms with Crippen LogP contribution in [0.4, 0.5) is 5.69 Å². The van der Waals surface area contributed by atoms with Crippen LogP contribution in [0.3, 0.4) is 0 Å². The zero-order valence-electron chi connectivity index (χ0n) is 11.7. The second-order valence-electron chi connectivity index (χ2n) is 5.04. The van der Waals surface area contributed by atoms with Gasteiger partial charge in [-0.1, -0.05) is 36.4 Å². The zero-order chi connectivity index (χ0) is 14.5. The van der Waals surface area contributed by atoms with E-state index >= 15 is 0 Å². The van der Waals surface area contributed by atoms with Gasteiger partial charge in [-0.15, -0.1) is 11.3 Å². The molecule has 2 aromatic carbocycles. The van der Waals surface area contributed by atoms with Crippen molar-refractivity contribution in [3.8, 4) is 0 Å². The van der Waals surface area contributed by atoms with E-state index in [0.29, 0.717) is 6.42 Å². The summed E-state index contributed by atoms with van der Waals surface area (Å²) in [5.74, 6) is 0.0850. The van der Waals surface area contributed by atoms with Crippen LogP contribution in [0.25, 0.3) is 10.8 Å². The van der Waals surface area contributed by atoms with Gasteiger partial charge in [-0.25, -0.2) is 0 Å². The molecule has 2 nitrogen and oxygen atoms in total. The molecule has 1 amide bonds. The Labute approximate surface area is 128 Å². The van der Waals surface area contributed by atoms with Crippen LogP contribution < -0.4 is 5.32 Å². The minimum absolute atomic E-state index is 0.0850. The van der Waals surface area contributed by atoms with Crippen molar-refractivity contribution in [1.29, 1.82) is 0 Å². The second kappa shape index (κ2) is 6.55. The first-order valence-corrected chi connectivity index (χ1v) is 8.00. The summed E-state index contributed by atoms with van der Waals surface area (Å²) in [6.07, 6.45) is 2.42. The minimum Gasteiger partial charge on any atom is -0.326 e. The molecule has 0 radical (unpaired) electrons. The largest absolute Gasteiger partial charge is 0.326 e. The molecule has 0 saturated carbocycles. The first-order valence-electron chi connectivity index (χ1n) is 7.12. The zero-order valence-corrected chi connectivity index (χ0v) is 12.5. The normalized spacial score (nSPS) is 10.7. The van der Waals surface area contributed by atoms with Gasteiger partial charge in [0.15, 0.2) is 0 Å². The van der Waals surface area contributed by atoms with Gasteiger partial charge in [-0.05, 0) is 47.2 Å². The Balaban J connectivity index is 1.55.